The van der Waals surface area contributed by atoms with E-state index in [2.05, 4.69) is 27.8 Å². The van der Waals surface area contributed by atoms with E-state index >= 15 is 0 Å². The van der Waals surface area contributed by atoms with Gasteiger partial charge in [-0.05, 0) is 41.9 Å². The molecule has 0 bridgehead atoms. The minimum Gasteiger partial charge on any atom is -0.598 e. The van der Waals surface area contributed by atoms with Crippen molar-refractivity contribution in [2.45, 2.75) is 124 Å². The number of ketones is 1. The minimum atomic E-state index is -1.23. The van der Waals surface area contributed by atoms with Crippen molar-refractivity contribution in [2.24, 2.45) is 22.7 Å². The van der Waals surface area contributed by atoms with Gasteiger partial charge in [0, 0.05) is 31.5 Å². The summed E-state index contributed by atoms with van der Waals surface area (Å²) in [6, 6.07) is -3.72. The van der Waals surface area contributed by atoms with Gasteiger partial charge in [-0.25, -0.2) is 4.79 Å². The number of unbranched alkanes of at least 4 members (excludes halogenated alkanes) is 1. The zero-order valence-electron chi connectivity index (χ0n) is 30.8. The summed E-state index contributed by atoms with van der Waals surface area (Å²) in [5.41, 5.74) is -1.07. The Hall–Kier alpha value is -2.64. The molecule has 1 aliphatic carbocycles. The van der Waals surface area contributed by atoms with Crippen molar-refractivity contribution in [2.75, 3.05) is 32.9 Å². The Bertz CT molecular complexity index is 1130. The smallest absolute Gasteiger partial charge is 0.315 e. The molecular weight excluding hydrogens is 632 g/mol. The number of carbonyl (C=O) groups is 5. The molecule has 1 saturated carbocycles. The van der Waals surface area contributed by atoms with E-state index < -0.39 is 58.5 Å². The van der Waals surface area contributed by atoms with Crippen LogP contribution in [0.3, 0.4) is 0 Å². The van der Waals surface area contributed by atoms with Crippen LogP contribution in [0.4, 0.5) is 4.79 Å². The van der Waals surface area contributed by atoms with E-state index in [1.165, 1.54) is 18.9 Å². The van der Waals surface area contributed by atoms with E-state index in [-0.39, 0.29) is 29.8 Å². The fraction of sp³-hybridized carbons (Fsp3) is 0.800. The fourth-order valence-corrected chi connectivity index (χ4v) is 6.36. The third kappa shape index (κ3) is 12.7. The summed E-state index contributed by atoms with van der Waals surface area (Å²) in [5, 5.41) is 11.3. The van der Waals surface area contributed by atoms with Crippen molar-refractivity contribution in [3.8, 4) is 0 Å². The summed E-state index contributed by atoms with van der Waals surface area (Å²) >= 11 is -1.23. The summed E-state index contributed by atoms with van der Waals surface area (Å²) in [4.78, 5) is 69.3. The maximum atomic E-state index is 14.4. The number of rotatable bonds is 18. The first-order valence-corrected chi connectivity index (χ1v) is 19.0. The van der Waals surface area contributed by atoms with Gasteiger partial charge in [0.1, 0.15) is 18.3 Å². The van der Waals surface area contributed by atoms with Crippen LogP contribution in [0.1, 0.15) is 99.8 Å². The molecule has 4 N–H and O–H groups in total. The number of amides is 5. The monoisotopic (exact) mass is 694 g/mol. The third-order valence-electron chi connectivity index (χ3n) is 9.45. The van der Waals surface area contributed by atoms with Crippen LogP contribution < -0.4 is 21.3 Å². The number of nitrogens with zero attached hydrogens (tertiary/aromatic N) is 2. The number of carbonyl (C=O) groups excluding carboxylic acids is 5. The van der Waals surface area contributed by atoms with Crippen LogP contribution in [0.15, 0.2) is 12.7 Å². The average Bonchev–Trinajstić information content (AvgIpc) is 3.73. The van der Waals surface area contributed by atoms with Crippen LogP contribution in [-0.2, 0) is 30.5 Å². The van der Waals surface area contributed by atoms with Gasteiger partial charge in [0.2, 0.25) is 17.6 Å². The first kappa shape index (κ1) is 41.5. The molecule has 0 radical (unpaired) electrons. The van der Waals surface area contributed by atoms with Crippen molar-refractivity contribution in [3.63, 3.8) is 0 Å². The topological polar surface area (TPSA) is 163 Å². The predicted octanol–water partition coefficient (Wildman–Crippen LogP) is 3.29. The molecule has 13 heteroatoms. The highest BCUT2D eigenvalue weighted by molar-refractivity contribution is 7.88. The number of hydrogen-bond acceptors (Lipinski definition) is 7. The zero-order chi connectivity index (χ0) is 36.4. The SMILES string of the molecule is C=CCNC(=O)C(=O)C(CCCC)NC(=O)[C@@H]1[C@@H](CCC2CC2)CCN1C(=O)[C@@H](NC(=O)N[C@H](CN(C)[S+](C)[O-])C(C)(C)C)C(C)(C)C. The average molecular weight is 695 g/mol. The van der Waals surface area contributed by atoms with E-state index in [0.717, 1.165) is 19.3 Å². The minimum absolute atomic E-state index is 0.115. The van der Waals surface area contributed by atoms with Crippen molar-refractivity contribution >= 4 is 40.9 Å². The molecular formula is C35H62N6O6S. The molecule has 2 unspecified atom stereocenters. The molecule has 5 amide bonds. The van der Waals surface area contributed by atoms with Gasteiger partial charge in [-0.15, -0.1) is 10.9 Å². The molecule has 48 heavy (non-hydrogen) atoms. The second kappa shape index (κ2) is 18.4. The molecule has 2 rings (SSSR count). The Balaban J connectivity index is 2.35. The van der Waals surface area contributed by atoms with Crippen molar-refractivity contribution < 1.29 is 28.5 Å². The van der Waals surface area contributed by atoms with E-state index in [0.29, 0.717) is 38.3 Å². The second-order valence-corrected chi connectivity index (χ2v) is 17.2. The Morgan fingerprint density at radius 1 is 1.00 bits per heavy atom. The Labute approximate surface area is 291 Å². The molecule has 274 valence electrons. The predicted molar refractivity (Wildman–Crippen MR) is 190 cm³/mol. The molecule has 0 aromatic heterocycles. The summed E-state index contributed by atoms with van der Waals surface area (Å²) in [6.45, 7) is 17.9. The van der Waals surface area contributed by atoms with Crippen molar-refractivity contribution in [1.29, 1.82) is 0 Å². The van der Waals surface area contributed by atoms with Crippen LogP contribution in [0.25, 0.3) is 0 Å². The number of likely N-dealkylation sites (N-methyl/N-ethyl adjacent to an activating group) is 1. The summed E-state index contributed by atoms with van der Waals surface area (Å²) in [5.74, 6) is -1.80. The summed E-state index contributed by atoms with van der Waals surface area (Å²) in [7, 11) is 1.72. The van der Waals surface area contributed by atoms with E-state index in [1.54, 1.807) is 22.5 Å². The van der Waals surface area contributed by atoms with Gasteiger partial charge in [0.15, 0.2) is 0 Å². The second-order valence-electron chi connectivity index (χ2n) is 15.7. The van der Waals surface area contributed by atoms with Gasteiger partial charge in [-0.3, -0.25) is 19.2 Å². The highest BCUT2D eigenvalue weighted by Crippen LogP contribution is 2.38. The maximum Gasteiger partial charge on any atom is 0.315 e. The Morgan fingerprint density at radius 2 is 1.65 bits per heavy atom. The molecule has 1 heterocycles. The molecule has 0 aromatic rings. The highest BCUT2D eigenvalue weighted by atomic mass is 32.2. The van der Waals surface area contributed by atoms with Gasteiger partial charge in [-0.2, -0.15) is 0 Å². The Morgan fingerprint density at radius 3 is 2.17 bits per heavy atom. The molecule has 0 aromatic carbocycles. The highest BCUT2D eigenvalue weighted by Gasteiger charge is 2.47. The number of hydrogen-bond donors (Lipinski definition) is 4. The van der Waals surface area contributed by atoms with Gasteiger partial charge in [-0.1, -0.05) is 86.6 Å². The number of likely N-dealkylation sites (tertiary alicyclic amines) is 1. The normalized spacial score (nSPS) is 20.8. The van der Waals surface area contributed by atoms with E-state index in [9.17, 15) is 28.5 Å². The number of Topliss-reactive ketones (excluding diaryl/α,β-unsaturated/α-hetero) is 1. The molecule has 1 aliphatic heterocycles. The van der Waals surface area contributed by atoms with Crippen LogP contribution >= 0.6 is 0 Å². The van der Waals surface area contributed by atoms with Crippen LogP contribution in [0.2, 0.25) is 0 Å². The number of nitrogens with one attached hydrogen (secondary N) is 4. The zero-order valence-corrected chi connectivity index (χ0v) is 31.6. The lowest BCUT2D eigenvalue weighted by atomic mass is 9.85. The maximum absolute atomic E-state index is 14.4. The van der Waals surface area contributed by atoms with Crippen molar-refractivity contribution in [3.05, 3.63) is 12.7 Å². The van der Waals surface area contributed by atoms with Gasteiger partial charge >= 0.3 is 6.03 Å². The van der Waals surface area contributed by atoms with Gasteiger partial charge < -0.3 is 30.7 Å². The molecule has 12 nitrogen and oxygen atoms in total. The van der Waals surface area contributed by atoms with Crippen LogP contribution in [0, 0.1) is 22.7 Å². The molecule has 2 aliphatic rings. The quantitative estimate of drug-likeness (QED) is 0.0972. The Kier molecular flexibility index (Phi) is 15.9. The van der Waals surface area contributed by atoms with E-state index in [1.807, 2.05) is 48.5 Å². The fourth-order valence-electron chi connectivity index (χ4n) is 6.01. The first-order chi connectivity index (χ1) is 22.3. The molecule has 0 spiro atoms. The standard InChI is InChI=1S/C35H62N6O6S/c1-11-13-14-25(28(42)31(44)36-20-12-2)37-30(43)27-24(18-17-23-15-16-23)19-21-41(27)32(45)29(35(6,7)8)39-33(46)38-26(34(3,4)5)22-40(9)48(10)47/h12,23-27,29H,2,11,13-22H2,1,3-10H3,(H,36,44)(H,37,43)(H2,38,39,46)/t24-,25?,26+,27-,29+,48?/m0/s1. The third-order valence-corrected chi connectivity index (χ3v) is 10.5. The van der Waals surface area contributed by atoms with Gasteiger partial charge in [0.05, 0.1) is 18.6 Å². The molecule has 1 saturated heterocycles. The van der Waals surface area contributed by atoms with E-state index in [4.69, 9.17) is 0 Å². The summed E-state index contributed by atoms with van der Waals surface area (Å²) < 4.78 is 13.7. The van der Waals surface area contributed by atoms with Crippen LogP contribution in [0.5, 0.6) is 0 Å². The lowest BCUT2D eigenvalue weighted by Crippen LogP contribution is -2.62. The number of urea groups is 1. The lowest BCUT2D eigenvalue weighted by molar-refractivity contribution is -0.144. The lowest BCUT2D eigenvalue weighted by Gasteiger charge is -2.38. The molecule has 2 fully saturated rings. The summed E-state index contributed by atoms with van der Waals surface area (Å²) in [6.07, 6.45) is 9.47. The van der Waals surface area contributed by atoms with Gasteiger partial charge in [0.25, 0.3) is 5.91 Å². The van der Waals surface area contributed by atoms with Crippen molar-refractivity contribution in [1.82, 2.24) is 30.5 Å². The first-order valence-electron chi connectivity index (χ1n) is 17.5. The molecule has 6 atom stereocenters. The van der Waals surface area contributed by atoms with Crippen LogP contribution in [-0.4, -0.2) is 100 Å². The largest absolute Gasteiger partial charge is 0.598 e.